The number of rotatable bonds is 6. The first-order chi connectivity index (χ1) is 9.51. The van der Waals surface area contributed by atoms with Crippen LogP contribution >= 0.6 is 0 Å². The molecule has 0 amide bonds. The smallest absolute Gasteiger partial charge is 0.389 e. The third-order valence-corrected chi connectivity index (χ3v) is 2.44. The molecule has 0 aliphatic carbocycles. The van der Waals surface area contributed by atoms with Crippen molar-refractivity contribution in [3.8, 4) is 11.8 Å². The van der Waals surface area contributed by atoms with Gasteiger partial charge in [0.25, 0.3) is 0 Å². The summed E-state index contributed by atoms with van der Waals surface area (Å²) in [7, 11) is 0. The molecule has 1 aromatic carbocycles. The molecule has 1 aromatic rings. The number of alkyl halides is 3. The van der Waals surface area contributed by atoms with Gasteiger partial charge >= 0.3 is 6.18 Å². The molecule has 0 spiro atoms. The van der Waals surface area contributed by atoms with E-state index in [-0.39, 0.29) is 19.6 Å². The number of aliphatic hydroxyl groups is 1. The molecule has 0 aromatic heterocycles. The fourth-order valence-corrected chi connectivity index (χ4v) is 1.47. The van der Waals surface area contributed by atoms with Crippen LogP contribution in [0.4, 0.5) is 13.2 Å². The van der Waals surface area contributed by atoms with E-state index in [2.05, 4.69) is 11.8 Å². The Labute approximate surface area is 116 Å². The van der Waals surface area contributed by atoms with Crippen molar-refractivity contribution >= 4 is 0 Å². The van der Waals surface area contributed by atoms with Crippen LogP contribution in [0.3, 0.4) is 0 Å². The summed E-state index contributed by atoms with van der Waals surface area (Å²) in [5, 5.41) is 8.59. The van der Waals surface area contributed by atoms with Crippen LogP contribution in [-0.4, -0.2) is 24.5 Å². The molecule has 0 saturated heterocycles. The van der Waals surface area contributed by atoms with Gasteiger partial charge in [0.05, 0.1) is 13.2 Å². The molecule has 0 bridgehead atoms. The summed E-state index contributed by atoms with van der Waals surface area (Å²) in [5.41, 5.74) is 1.73. The van der Waals surface area contributed by atoms with Crippen LogP contribution in [0.25, 0.3) is 0 Å². The van der Waals surface area contributed by atoms with Gasteiger partial charge < -0.3 is 9.84 Å². The molecule has 0 fully saturated rings. The van der Waals surface area contributed by atoms with E-state index in [1.807, 2.05) is 24.3 Å². The lowest BCUT2D eigenvalue weighted by molar-refractivity contribution is -0.138. The van der Waals surface area contributed by atoms with Crippen molar-refractivity contribution < 1.29 is 23.0 Å². The Morgan fingerprint density at radius 1 is 1.15 bits per heavy atom. The molecule has 0 saturated carbocycles. The summed E-state index contributed by atoms with van der Waals surface area (Å²) in [6, 6.07) is 7.29. The van der Waals surface area contributed by atoms with E-state index in [1.54, 1.807) is 0 Å². The molecular weight excluding hydrogens is 269 g/mol. The Balaban J connectivity index is 2.27. The van der Waals surface area contributed by atoms with E-state index in [4.69, 9.17) is 9.84 Å². The summed E-state index contributed by atoms with van der Waals surface area (Å²) in [4.78, 5) is 0. The number of aliphatic hydroxyl groups excluding tert-OH is 1. The van der Waals surface area contributed by atoms with E-state index in [0.29, 0.717) is 13.0 Å². The van der Waals surface area contributed by atoms with Crippen LogP contribution in [0.15, 0.2) is 24.3 Å². The van der Waals surface area contributed by atoms with Crippen molar-refractivity contribution in [1.82, 2.24) is 0 Å². The van der Waals surface area contributed by atoms with E-state index in [9.17, 15) is 13.2 Å². The topological polar surface area (TPSA) is 29.5 Å². The minimum absolute atomic E-state index is 0.0196. The Morgan fingerprint density at radius 2 is 1.85 bits per heavy atom. The molecule has 1 N–H and O–H groups in total. The summed E-state index contributed by atoms with van der Waals surface area (Å²) < 4.78 is 40.9. The normalized spacial score (nSPS) is 11.0. The second kappa shape index (κ2) is 8.62. The molecule has 2 nitrogen and oxygen atoms in total. The zero-order valence-electron chi connectivity index (χ0n) is 11.0. The average molecular weight is 286 g/mol. The lowest BCUT2D eigenvalue weighted by Gasteiger charge is -2.07. The van der Waals surface area contributed by atoms with Gasteiger partial charge in [-0.05, 0) is 24.1 Å². The molecule has 0 heterocycles. The van der Waals surface area contributed by atoms with Gasteiger partial charge in [-0.15, -0.1) is 0 Å². The Morgan fingerprint density at radius 3 is 2.45 bits per heavy atom. The summed E-state index contributed by atoms with van der Waals surface area (Å²) in [5.74, 6) is 5.70. The molecule has 0 radical (unpaired) electrons. The van der Waals surface area contributed by atoms with Gasteiger partial charge in [-0.3, -0.25) is 0 Å². The first-order valence-corrected chi connectivity index (χ1v) is 6.34. The Kier molecular flexibility index (Phi) is 7.13. The second-order valence-electron chi connectivity index (χ2n) is 4.24. The van der Waals surface area contributed by atoms with E-state index < -0.39 is 12.6 Å². The summed E-state index contributed by atoms with van der Waals surface area (Å²) in [6.45, 7) is 0.427. The van der Waals surface area contributed by atoms with Crippen LogP contribution in [0, 0.1) is 11.8 Å². The highest BCUT2D eigenvalue weighted by Crippen LogP contribution is 2.21. The summed E-state index contributed by atoms with van der Waals surface area (Å²) in [6.07, 6.45) is -4.51. The van der Waals surface area contributed by atoms with Crippen molar-refractivity contribution in [2.45, 2.75) is 32.0 Å². The molecule has 20 heavy (non-hydrogen) atoms. The molecule has 0 unspecified atom stereocenters. The Bertz CT molecular complexity index is 441. The largest absolute Gasteiger partial charge is 0.395 e. The van der Waals surface area contributed by atoms with Crippen LogP contribution in [-0.2, 0) is 11.3 Å². The van der Waals surface area contributed by atoms with Gasteiger partial charge in [-0.25, -0.2) is 0 Å². The SMILES string of the molecule is OCCC#Cc1ccc(COCCCC(F)(F)F)cc1. The molecule has 5 heteroatoms. The first-order valence-electron chi connectivity index (χ1n) is 6.34. The maximum absolute atomic E-state index is 11.9. The van der Waals surface area contributed by atoms with Crippen molar-refractivity contribution in [3.63, 3.8) is 0 Å². The zero-order valence-corrected chi connectivity index (χ0v) is 11.0. The fraction of sp³-hybridized carbons (Fsp3) is 0.467. The molecule has 1 rings (SSSR count). The lowest BCUT2D eigenvalue weighted by atomic mass is 10.1. The maximum atomic E-state index is 11.9. The highest BCUT2D eigenvalue weighted by molar-refractivity contribution is 5.35. The van der Waals surface area contributed by atoms with Gasteiger partial charge in [0.15, 0.2) is 0 Å². The van der Waals surface area contributed by atoms with Crippen molar-refractivity contribution in [1.29, 1.82) is 0 Å². The first kappa shape index (κ1) is 16.5. The highest BCUT2D eigenvalue weighted by Gasteiger charge is 2.25. The predicted molar refractivity (Wildman–Crippen MR) is 70.0 cm³/mol. The predicted octanol–water partition coefficient (Wildman–Crippen LogP) is 3.28. The third-order valence-electron chi connectivity index (χ3n) is 2.44. The highest BCUT2D eigenvalue weighted by atomic mass is 19.4. The van der Waals surface area contributed by atoms with Crippen molar-refractivity contribution in [2.24, 2.45) is 0 Å². The van der Waals surface area contributed by atoms with Gasteiger partial charge in [-0.2, -0.15) is 13.2 Å². The molecule has 0 atom stereocenters. The van der Waals surface area contributed by atoms with Gasteiger partial charge in [0.1, 0.15) is 0 Å². The zero-order chi connectivity index (χ0) is 14.8. The van der Waals surface area contributed by atoms with Crippen LogP contribution in [0.1, 0.15) is 30.4 Å². The van der Waals surface area contributed by atoms with Gasteiger partial charge in [0.2, 0.25) is 0 Å². The number of hydrogen-bond acceptors (Lipinski definition) is 2. The fourth-order valence-electron chi connectivity index (χ4n) is 1.47. The van der Waals surface area contributed by atoms with Crippen LogP contribution in [0.2, 0.25) is 0 Å². The number of benzene rings is 1. The molecule has 110 valence electrons. The molecule has 0 aliphatic rings. The van der Waals surface area contributed by atoms with Crippen molar-refractivity contribution in [3.05, 3.63) is 35.4 Å². The number of ether oxygens (including phenoxy) is 1. The number of hydrogen-bond donors (Lipinski definition) is 1. The van der Waals surface area contributed by atoms with E-state index in [0.717, 1.165) is 11.1 Å². The minimum atomic E-state index is -4.11. The van der Waals surface area contributed by atoms with Gasteiger partial charge in [0, 0.05) is 25.0 Å². The second-order valence-corrected chi connectivity index (χ2v) is 4.24. The van der Waals surface area contributed by atoms with E-state index in [1.165, 1.54) is 0 Å². The van der Waals surface area contributed by atoms with E-state index >= 15 is 0 Å². The minimum Gasteiger partial charge on any atom is -0.395 e. The molecule has 0 aliphatic heterocycles. The average Bonchev–Trinajstić information content (AvgIpc) is 2.39. The van der Waals surface area contributed by atoms with Crippen LogP contribution < -0.4 is 0 Å². The molecular formula is C15H17F3O2. The third kappa shape index (κ3) is 7.82. The standard InChI is InChI=1S/C15H17F3O2/c16-15(17,18)9-3-11-20-12-14-7-5-13(6-8-14)4-1-2-10-19/h5-8,19H,2-3,9-12H2. The van der Waals surface area contributed by atoms with Gasteiger partial charge in [-0.1, -0.05) is 24.0 Å². The lowest BCUT2D eigenvalue weighted by Crippen LogP contribution is -2.08. The number of halogens is 3. The van der Waals surface area contributed by atoms with Crippen LogP contribution in [0.5, 0.6) is 0 Å². The monoisotopic (exact) mass is 286 g/mol. The van der Waals surface area contributed by atoms with Crippen molar-refractivity contribution in [2.75, 3.05) is 13.2 Å². The quantitative estimate of drug-likeness (QED) is 0.642. The summed E-state index contributed by atoms with van der Waals surface area (Å²) >= 11 is 0. The Hall–Kier alpha value is -1.51. The maximum Gasteiger partial charge on any atom is 0.389 e.